The van der Waals surface area contributed by atoms with E-state index in [1.54, 1.807) is 0 Å². The first-order chi connectivity index (χ1) is 5.85. The Balaban J connectivity index is 4.16. The topological polar surface area (TPSA) is 12.4 Å². The average molecular weight is 163 g/mol. The molecule has 0 aliphatic carbocycles. The van der Waals surface area contributed by atoms with Crippen molar-refractivity contribution in [1.82, 2.24) is 0 Å². The first-order valence-electron chi connectivity index (χ1n) is 4.30. The highest BCUT2D eigenvalue weighted by Crippen LogP contribution is 1.93. The molecule has 1 heteroatoms. The van der Waals surface area contributed by atoms with Crippen LogP contribution in [0.1, 0.15) is 26.7 Å². The maximum Gasteiger partial charge on any atom is 0.0437 e. The SMILES string of the molecule is C=CCC(/C=C\C)=N\C=C/CC. The third-order valence-electron chi connectivity index (χ3n) is 1.29. The van der Waals surface area contributed by atoms with Crippen molar-refractivity contribution in [1.29, 1.82) is 0 Å². The fourth-order valence-corrected chi connectivity index (χ4v) is 0.758. The van der Waals surface area contributed by atoms with Crippen molar-refractivity contribution in [3.8, 4) is 0 Å². The van der Waals surface area contributed by atoms with Crippen LogP contribution in [0.3, 0.4) is 0 Å². The molecule has 0 aromatic heterocycles. The van der Waals surface area contributed by atoms with Gasteiger partial charge in [-0.1, -0.05) is 25.2 Å². The number of hydrogen-bond donors (Lipinski definition) is 0. The zero-order valence-corrected chi connectivity index (χ0v) is 7.96. The summed E-state index contributed by atoms with van der Waals surface area (Å²) in [6.07, 6.45) is 11.6. The van der Waals surface area contributed by atoms with Crippen molar-refractivity contribution < 1.29 is 0 Å². The summed E-state index contributed by atoms with van der Waals surface area (Å²) < 4.78 is 0. The summed E-state index contributed by atoms with van der Waals surface area (Å²) in [6, 6.07) is 0. The molecule has 0 bridgehead atoms. The molecule has 0 radical (unpaired) electrons. The van der Waals surface area contributed by atoms with Crippen molar-refractivity contribution in [2.75, 3.05) is 0 Å². The summed E-state index contributed by atoms with van der Waals surface area (Å²) in [5.41, 5.74) is 1.05. The fraction of sp³-hybridized carbons (Fsp3) is 0.364. The Morgan fingerprint density at radius 2 is 2.25 bits per heavy atom. The van der Waals surface area contributed by atoms with Crippen molar-refractivity contribution in [3.05, 3.63) is 37.1 Å². The van der Waals surface area contributed by atoms with Gasteiger partial charge in [0, 0.05) is 18.3 Å². The number of aliphatic imine (C=N–C) groups is 1. The van der Waals surface area contributed by atoms with Gasteiger partial charge in [0.25, 0.3) is 0 Å². The van der Waals surface area contributed by atoms with Gasteiger partial charge in [-0.05, 0) is 19.4 Å². The number of allylic oxidation sites excluding steroid dienone is 4. The van der Waals surface area contributed by atoms with E-state index in [2.05, 4.69) is 18.5 Å². The lowest BCUT2D eigenvalue weighted by Gasteiger charge is -1.92. The van der Waals surface area contributed by atoms with Gasteiger partial charge >= 0.3 is 0 Å². The Morgan fingerprint density at radius 3 is 2.75 bits per heavy atom. The molecule has 0 aromatic carbocycles. The van der Waals surface area contributed by atoms with Crippen LogP contribution in [0.5, 0.6) is 0 Å². The summed E-state index contributed by atoms with van der Waals surface area (Å²) in [5, 5.41) is 0. The molecule has 0 atom stereocenters. The van der Waals surface area contributed by atoms with E-state index in [4.69, 9.17) is 0 Å². The molecule has 0 N–H and O–H groups in total. The van der Waals surface area contributed by atoms with E-state index in [1.807, 2.05) is 37.4 Å². The summed E-state index contributed by atoms with van der Waals surface area (Å²) in [4.78, 5) is 4.27. The second-order valence-electron chi connectivity index (χ2n) is 2.41. The molecule has 0 fully saturated rings. The Kier molecular flexibility index (Phi) is 7.25. The molecule has 0 aliphatic rings. The normalized spacial score (nSPS) is 13.0. The van der Waals surface area contributed by atoms with Gasteiger partial charge in [0.2, 0.25) is 0 Å². The molecule has 0 unspecified atom stereocenters. The molecular weight excluding hydrogens is 146 g/mol. The number of hydrogen-bond acceptors (Lipinski definition) is 1. The minimum absolute atomic E-state index is 0.832. The van der Waals surface area contributed by atoms with E-state index in [1.165, 1.54) is 0 Å². The molecule has 0 saturated carbocycles. The highest BCUT2D eigenvalue weighted by molar-refractivity contribution is 5.96. The summed E-state index contributed by atoms with van der Waals surface area (Å²) >= 11 is 0. The Bertz CT molecular complexity index is 197. The lowest BCUT2D eigenvalue weighted by atomic mass is 10.2. The molecule has 0 aromatic rings. The molecule has 0 saturated heterocycles. The summed E-state index contributed by atoms with van der Waals surface area (Å²) in [7, 11) is 0. The zero-order chi connectivity index (χ0) is 9.23. The van der Waals surface area contributed by atoms with Crippen LogP contribution in [-0.4, -0.2) is 5.71 Å². The van der Waals surface area contributed by atoms with E-state index in [0.29, 0.717) is 0 Å². The molecule has 0 rings (SSSR count). The average Bonchev–Trinajstić information content (AvgIpc) is 2.06. The Morgan fingerprint density at radius 1 is 1.50 bits per heavy atom. The number of rotatable bonds is 5. The van der Waals surface area contributed by atoms with Crippen LogP contribution in [-0.2, 0) is 0 Å². The fourth-order valence-electron chi connectivity index (χ4n) is 0.758. The highest BCUT2D eigenvalue weighted by Gasteiger charge is 1.86. The second-order valence-corrected chi connectivity index (χ2v) is 2.41. The molecule has 0 amide bonds. The van der Waals surface area contributed by atoms with Crippen LogP contribution in [0, 0.1) is 0 Å². The third kappa shape index (κ3) is 5.66. The first-order valence-corrected chi connectivity index (χ1v) is 4.30. The first kappa shape index (κ1) is 10.9. The van der Waals surface area contributed by atoms with E-state index in [-0.39, 0.29) is 0 Å². The molecule has 0 aliphatic heterocycles. The van der Waals surface area contributed by atoms with Gasteiger partial charge < -0.3 is 0 Å². The van der Waals surface area contributed by atoms with Gasteiger partial charge in [0.05, 0.1) is 0 Å². The maximum absolute atomic E-state index is 4.27. The van der Waals surface area contributed by atoms with Crippen molar-refractivity contribution in [3.63, 3.8) is 0 Å². The molecule has 1 nitrogen and oxygen atoms in total. The van der Waals surface area contributed by atoms with E-state index in [9.17, 15) is 0 Å². The number of nitrogens with zero attached hydrogens (tertiary/aromatic N) is 1. The summed E-state index contributed by atoms with van der Waals surface area (Å²) in [5.74, 6) is 0. The van der Waals surface area contributed by atoms with Crippen molar-refractivity contribution in [2.45, 2.75) is 26.7 Å². The van der Waals surface area contributed by atoms with Crippen molar-refractivity contribution >= 4 is 5.71 Å². The van der Waals surface area contributed by atoms with Gasteiger partial charge in [-0.15, -0.1) is 6.58 Å². The van der Waals surface area contributed by atoms with E-state index < -0.39 is 0 Å². The molecule has 0 heterocycles. The lowest BCUT2D eigenvalue weighted by Crippen LogP contribution is -1.88. The van der Waals surface area contributed by atoms with Gasteiger partial charge in [-0.3, -0.25) is 4.99 Å². The van der Waals surface area contributed by atoms with Gasteiger partial charge in [-0.2, -0.15) is 0 Å². The lowest BCUT2D eigenvalue weighted by molar-refractivity contribution is 1.21. The van der Waals surface area contributed by atoms with Gasteiger partial charge in [-0.25, -0.2) is 0 Å². The zero-order valence-electron chi connectivity index (χ0n) is 7.96. The van der Waals surface area contributed by atoms with Crippen LogP contribution in [0.15, 0.2) is 42.1 Å². The third-order valence-corrected chi connectivity index (χ3v) is 1.29. The molecular formula is C11H17N. The smallest absolute Gasteiger partial charge is 0.0437 e. The largest absolute Gasteiger partial charge is 0.261 e. The maximum atomic E-state index is 4.27. The Labute approximate surface area is 75.2 Å². The van der Waals surface area contributed by atoms with Crippen LogP contribution in [0.4, 0.5) is 0 Å². The van der Waals surface area contributed by atoms with Crippen LogP contribution in [0.2, 0.25) is 0 Å². The predicted molar refractivity (Wildman–Crippen MR) is 56.5 cm³/mol. The van der Waals surface area contributed by atoms with Gasteiger partial charge in [0.15, 0.2) is 0 Å². The standard InChI is InChI=1S/C11H17N/c1-4-7-10-12-11(8-5-2)9-6-3/h5-7,9-10H,2,4,8H2,1,3H3/b9-6-,10-7-,12-11+. The Hall–Kier alpha value is -1.11. The molecule has 66 valence electrons. The van der Waals surface area contributed by atoms with Crippen LogP contribution >= 0.6 is 0 Å². The van der Waals surface area contributed by atoms with Crippen molar-refractivity contribution in [2.24, 2.45) is 4.99 Å². The minimum Gasteiger partial charge on any atom is -0.261 e. The van der Waals surface area contributed by atoms with E-state index in [0.717, 1.165) is 18.6 Å². The minimum atomic E-state index is 0.832. The van der Waals surface area contributed by atoms with Gasteiger partial charge in [0.1, 0.15) is 0 Å². The molecule has 12 heavy (non-hydrogen) atoms. The predicted octanol–water partition coefficient (Wildman–Crippen LogP) is 3.50. The second kappa shape index (κ2) is 7.99. The monoisotopic (exact) mass is 163 g/mol. The van der Waals surface area contributed by atoms with Crippen LogP contribution in [0.25, 0.3) is 0 Å². The molecule has 0 spiro atoms. The quantitative estimate of drug-likeness (QED) is 0.434. The summed E-state index contributed by atoms with van der Waals surface area (Å²) in [6.45, 7) is 7.75. The highest BCUT2D eigenvalue weighted by atomic mass is 14.7. The van der Waals surface area contributed by atoms with E-state index >= 15 is 0 Å². The van der Waals surface area contributed by atoms with Crippen LogP contribution < -0.4 is 0 Å².